The van der Waals surface area contributed by atoms with Crippen molar-refractivity contribution in [1.29, 1.82) is 0 Å². The van der Waals surface area contributed by atoms with Crippen LogP contribution in [0, 0.1) is 0 Å². The third-order valence-corrected chi connectivity index (χ3v) is 6.18. The van der Waals surface area contributed by atoms with Gasteiger partial charge in [-0.25, -0.2) is 4.79 Å². The van der Waals surface area contributed by atoms with Crippen LogP contribution in [0.2, 0.25) is 0 Å². The number of benzene rings is 2. The lowest BCUT2D eigenvalue weighted by molar-refractivity contribution is -0.135. The molecule has 2 aromatic carbocycles. The van der Waals surface area contributed by atoms with Crippen molar-refractivity contribution in [3.05, 3.63) is 64.7 Å². The van der Waals surface area contributed by atoms with Crippen molar-refractivity contribution in [2.75, 3.05) is 0 Å². The predicted molar refractivity (Wildman–Crippen MR) is 123 cm³/mol. The van der Waals surface area contributed by atoms with E-state index in [9.17, 15) is 19.5 Å². The minimum atomic E-state index is -0.630. The van der Waals surface area contributed by atoms with Gasteiger partial charge in [0.25, 0.3) is 0 Å². The van der Waals surface area contributed by atoms with E-state index >= 15 is 0 Å². The molecule has 1 N–H and O–H groups in total. The number of fused-ring (bicyclic) bond motifs is 2. The molecule has 0 unspecified atom stereocenters. The summed E-state index contributed by atoms with van der Waals surface area (Å²) in [6, 6.07) is 11.0. The zero-order valence-corrected chi connectivity index (χ0v) is 18.7. The third kappa shape index (κ3) is 5.16. The van der Waals surface area contributed by atoms with E-state index in [1.54, 1.807) is 19.1 Å². The molecule has 0 aromatic heterocycles. The largest absolute Gasteiger partial charge is 0.507 e. The molecule has 0 amide bonds. The molecule has 2 heterocycles. The zero-order chi connectivity index (χ0) is 23.4. The van der Waals surface area contributed by atoms with Gasteiger partial charge in [-0.05, 0) is 49.8 Å². The second-order valence-electron chi connectivity index (χ2n) is 8.68. The lowest BCUT2D eigenvalue weighted by atomic mass is 9.83. The van der Waals surface area contributed by atoms with Gasteiger partial charge in [0, 0.05) is 24.3 Å². The minimum absolute atomic E-state index is 0.0681. The lowest BCUT2D eigenvalue weighted by Gasteiger charge is -2.27. The number of aromatic hydroxyl groups is 1. The fourth-order valence-corrected chi connectivity index (χ4v) is 4.49. The van der Waals surface area contributed by atoms with Crippen LogP contribution in [0.4, 0.5) is 0 Å². The number of esters is 2. The molecule has 2 atom stereocenters. The van der Waals surface area contributed by atoms with Crippen LogP contribution >= 0.6 is 0 Å². The monoisotopic (exact) mass is 448 g/mol. The first-order chi connectivity index (χ1) is 15.9. The van der Waals surface area contributed by atoms with Crippen LogP contribution in [-0.4, -0.2) is 28.9 Å². The summed E-state index contributed by atoms with van der Waals surface area (Å²) in [6.07, 6.45) is 6.82. The molecule has 2 aromatic rings. The molecule has 0 spiro atoms. The van der Waals surface area contributed by atoms with E-state index < -0.39 is 24.0 Å². The van der Waals surface area contributed by atoms with E-state index in [0.29, 0.717) is 49.7 Å². The number of ketones is 1. The molecule has 0 saturated carbocycles. The number of ether oxygens (including phenoxy) is 2. The molecule has 2 aliphatic rings. The fraction of sp³-hybridized carbons (Fsp3) is 0.370. The zero-order valence-electron chi connectivity index (χ0n) is 18.7. The Balaban J connectivity index is 1.80. The van der Waals surface area contributed by atoms with Crippen molar-refractivity contribution in [3.8, 4) is 11.5 Å². The van der Waals surface area contributed by atoms with Crippen LogP contribution < -0.4 is 4.74 Å². The van der Waals surface area contributed by atoms with Crippen molar-refractivity contribution in [2.24, 2.45) is 0 Å². The average molecular weight is 449 g/mol. The maximum Gasteiger partial charge on any atom is 0.342 e. The van der Waals surface area contributed by atoms with Crippen molar-refractivity contribution in [3.63, 3.8) is 0 Å². The highest BCUT2D eigenvalue weighted by Crippen LogP contribution is 2.47. The first kappa shape index (κ1) is 22.8. The fourth-order valence-electron chi connectivity index (χ4n) is 4.49. The van der Waals surface area contributed by atoms with Gasteiger partial charge in [-0.15, -0.1) is 0 Å². The van der Waals surface area contributed by atoms with E-state index in [1.807, 2.05) is 36.4 Å². The summed E-state index contributed by atoms with van der Waals surface area (Å²) in [5.74, 6) is -1.21. The minimum Gasteiger partial charge on any atom is -0.507 e. The van der Waals surface area contributed by atoms with Gasteiger partial charge in [0.2, 0.25) is 0 Å². The van der Waals surface area contributed by atoms with E-state index in [0.717, 1.165) is 5.56 Å². The maximum absolute atomic E-state index is 13.2. The van der Waals surface area contributed by atoms with Crippen LogP contribution in [0.15, 0.2) is 42.5 Å². The van der Waals surface area contributed by atoms with Crippen LogP contribution in [0.5, 0.6) is 11.5 Å². The van der Waals surface area contributed by atoms with E-state index in [2.05, 4.69) is 0 Å². The topological polar surface area (TPSA) is 89.9 Å². The maximum atomic E-state index is 13.2. The Morgan fingerprint density at radius 3 is 2.58 bits per heavy atom. The Labute approximate surface area is 193 Å². The number of cyclic esters (lactones) is 1. The SMILES string of the molecule is C[C@H]1CCCC(=O)CCC/C=C/c2cc3c(c(O)c2C(=O)O1)[C@H](c1ccccc1)CC(=O)O3. The quantitative estimate of drug-likeness (QED) is 0.469. The number of carbonyl (C=O) groups excluding carboxylic acids is 3. The Bertz CT molecular complexity index is 1090. The molecule has 0 saturated heterocycles. The van der Waals surface area contributed by atoms with Gasteiger partial charge in [-0.1, -0.05) is 42.5 Å². The summed E-state index contributed by atoms with van der Waals surface area (Å²) in [7, 11) is 0. The Kier molecular flexibility index (Phi) is 6.92. The Morgan fingerprint density at radius 1 is 1.03 bits per heavy atom. The highest BCUT2D eigenvalue weighted by molar-refractivity contribution is 5.98. The van der Waals surface area contributed by atoms with Gasteiger partial charge in [0.15, 0.2) is 0 Å². The molecular formula is C27H28O6. The number of hydrogen-bond donors (Lipinski definition) is 1. The molecule has 0 fully saturated rings. The van der Waals surface area contributed by atoms with Crippen molar-refractivity contribution >= 4 is 23.8 Å². The number of Topliss-reactive ketones (excluding diaryl/α,β-unsaturated/α-hetero) is 1. The number of phenols is 1. The Morgan fingerprint density at radius 2 is 1.79 bits per heavy atom. The van der Waals surface area contributed by atoms with Crippen molar-refractivity contribution in [1.82, 2.24) is 0 Å². The van der Waals surface area contributed by atoms with Gasteiger partial charge in [0.1, 0.15) is 22.8 Å². The summed E-state index contributed by atoms with van der Waals surface area (Å²) >= 11 is 0. The summed E-state index contributed by atoms with van der Waals surface area (Å²) in [6.45, 7) is 1.79. The number of allylic oxidation sites excluding steroid dienone is 1. The second kappa shape index (κ2) is 10.0. The van der Waals surface area contributed by atoms with Crippen LogP contribution in [0.25, 0.3) is 6.08 Å². The van der Waals surface area contributed by atoms with Crippen molar-refractivity contribution < 1.29 is 29.0 Å². The van der Waals surface area contributed by atoms with Crippen LogP contribution in [-0.2, 0) is 14.3 Å². The van der Waals surface area contributed by atoms with Gasteiger partial charge >= 0.3 is 11.9 Å². The first-order valence-electron chi connectivity index (χ1n) is 11.5. The van der Waals surface area contributed by atoms with Gasteiger partial charge in [-0.2, -0.15) is 0 Å². The standard InChI is InChI=1S/C27H28O6/c1-17-9-8-14-20(28)13-7-3-6-12-19-15-22-25(26(30)24(19)27(31)32-17)21(16-23(29)33-22)18-10-4-2-5-11-18/h2,4-6,10-12,15,17,21,30H,3,7-9,13-14,16H2,1H3/b12-6+/t17-,21-/m0/s1. The third-order valence-electron chi connectivity index (χ3n) is 6.18. The number of hydrogen-bond acceptors (Lipinski definition) is 6. The highest BCUT2D eigenvalue weighted by atomic mass is 16.5. The first-order valence-corrected chi connectivity index (χ1v) is 11.5. The summed E-state index contributed by atoms with van der Waals surface area (Å²) in [4.78, 5) is 37.5. The molecule has 2 aliphatic heterocycles. The Hall–Kier alpha value is -3.41. The van der Waals surface area contributed by atoms with E-state index in [-0.39, 0.29) is 29.3 Å². The number of carbonyl (C=O) groups is 3. The highest BCUT2D eigenvalue weighted by Gasteiger charge is 2.35. The molecule has 0 bridgehead atoms. The molecule has 0 radical (unpaired) electrons. The van der Waals surface area contributed by atoms with Crippen molar-refractivity contribution in [2.45, 2.75) is 63.9 Å². The van der Waals surface area contributed by atoms with Crippen LogP contribution in [0.3, 0.4) is 0 Å². The van der Waals surface area contributed by atoms with Gasteiger partial charge in [-0.3, -0.25) is 9.59 Å². The molecule has 6 nitrogen and oxygen atoms in total. The van der Waals surface area contributed by atoms with Gasteiger partial charge in [0.05, 0.1) is 12.5 Å². The second-order valence-corrected chi connectivity index (χ2v) is 8.68. The molecule has 0 aliphatic carbocycles. The van der Waals surface area contributed by atoms with Gasteiger partial charge < -0.3 is 14.6 Å². The van der Waals surface area contributed by atoms with E-state index in [1.165, 1.54) is 0 Å². The molecule has 172 valence electrons. The molecule has 33 heavy (non-hydrogen) atoms. The smallest absolute Gasteiger partial charge is 0.342 e. The number of phenolic OH excluding ortho intramolecular Hbond substituents is 1. The van der Waals surface area contributed by atoms with Crippen LogP contribution in [0.1, 0.15) is 84.8 Å². The molecular weight excluding hydrogens is 420 g/mol. The molecule has 6 heteroatoms. The molecule has 4 rings (SSSR count). The lowest BCUT2D eigenvalue weighted by Crippen LogP contribution is -2.23. The normalized spacial score (nSPS) is 22.9. The summed E-state index contributed by atoms with van der Waals surface area (Å²) in [5, 5.41) is 11.3. The summed E-state index contributed by atoms with van der Waals surface area (Å²) in [5.41, 5.74) is 1.77. The number of rotatable bonds is 1. The van der Waals surface area contributed by atoms with E-state index in [4.69, 9.17) is 9.47 Å². The summed E-state index contributed by atoms with van der Waals surface area (Å²) < 4.78 is 11.1. The predicted octanol–water partition coefficient (Wildman–Crippen LogP) is 5.32. The average Bonchev–Trinajstić information content (AvgIpc) is 2.78.